The molecule has 1 saturated heterocycles. The molecule has 0 amide bonds. The Balaban J connectivity index is 1.67. The maximum absolute atomic E-state index is 11.3. The van der Waals surface area contributed by atoms with Crippen LogP contribution >= 0.6 is 12.2 Å². The van der Waals surface area contributed by atoms with E-state index < -0.39 is 5.97 Å². The summed E-state index contributed by atoms with van der Waals surface area (Å²) in [5, 5.41) is 13.4. The molecule has 1 aliphatic rings. The zero-order valence-corrected chi connectivity index (χ0v) is 21.0. The molecular weight excluding hydrogens is 472 g/mol. The molecule has 2 aromatic carbocycles. The molecule has 7 nitrogen and oxygen atoms in total. The second-order valence-electron chi connectivity index (χ2n) is 8.68. The summed E-state index contributed by atoms with van der Waals surface area (Å²) in [5.74, 6) is -0.217. The van der Waals surface area contributed by atoms with E-state index in [1.165, 1.54) is 0 Å². The Morgan fingerprint density at radius 2 is 1.78 bits per heavy atom. The van der Waals surface area contributed by atoms with Crippen molar-refractivity contribution in [1.29, 1.82) is 0 Å². The topological polar surface area (TPSA) is 79.6 Å². The number of ether oxygens (including phenoxy) is 1. The van der Waals surface area contributed by atoms with Crippen molar-refractivity contribution < 1.29 is 14.6 Å². The number of para-hydroxylation sites is 2. The number of hydrogen-bond acceptors (Lipinski definition) is 4. The van der Waals surface area contributed by atoms with Crippen LogP contribution in [0.3, 0.4) is 0 Å². The molecule has 0 radical (unpaired) electrons. The Morgan fingerprint density at radius 3 is 2.44 bits per heavy atom. The molecule has 36 heavy (non-hydrogen) atoms. The van der Waals surface area contributed by atoms with E-state index >= 15 is 0 Å². The van der Waals surface area contributed by atoms with Gasteiger partial charge in [0.1, 0.15) is 5.75 Å². The predicted octanol–water partition coefficient (Wildman–Crippen LogP) is 5.37. The van der Waals surface area contributed by atoms with E-state index in [4.69, 9.17) is 17.0 Å². The fourth-order valence-corrected chi connectivity index (χ4v) is 5.34. The van der Waals surface area contributed by atoms with Crippen molar-refractivity contribution >= 4 is 29.0 Å². The summed E-state index contributed by atoms with van der Waals surface area (Å²) in [5.41, 5.74) is 6.06. The van der Waals surface area contributed by atoms with Gasteiger partial charge in [0.05, 0.1) is 36.1 Å². The van der Waals surface area contributed by atoms with Crippen molar-refractivity contribution in [3.8, 4) is 11.4 Å². The number of nitrogens with zero attached hydrogens (tertiary/aromatic N) is 3. The molecule has 2 unspecified atom stereocenters. The Labute approximate surface area is 215 Å². The Kier molecular flexibility index (Phi) is 6.20. The van der Waals surface area contributed by atoms with Crippen molar-refractivity contribution in [2.45, 2.75) is 25.9 Å². The number of hydrogen-bond donors (Lipinski definition) is 2. The maximum atomic E-state index is 11.3. The number of benzene rings is 2. The third-order valence-corrected chi connectivity index (χ3v) is 6.92. The molecule has 0 bridgehead atoms. The number of aromatic carboxylic acids is 1. The first-order chi connectivity index (χ1) is 17.4. The SMILES string of the molecule is COc1ccccc1N1C(=S)NC(c2ccccn2)C1c1cc(C)n(-c2ccc(C(=O)O)cc2)c1C. The molecule has 0 spiro atoms. The van der Waals surface area contributed by atoms with Gasteiger partial charge in [0.25, 0.3) is 0 Å². The highest BCUT2D eigenvalue weighted by molar-refractivity contribution is 7.80. The highest BCUT2D eigenvalue weighted by atomic mass is 32.1. The Hall–Kier alpha value is -4.17. The summed E-state index contributed by atoms with van der Waals surface area (Å²) in [6.45, 7) is 4.12. The number of aromatic nitrogens is 2. The van der Waals surface area contributed by atoms with Gasteiger partial charge in [-0.25, -0.2) is 4.79 Å². The standard InChI is InChI=1S/C28H26N4O3S/c1-17-16-21(18(2)31(17)20-13-11-19(12-14-20)27(33)34)26-25(22-8-6-7-15-29-22)30-28(36)32(26)23-9-4-5-10-24(23)35-3/h4-16,25-26H,1-3H3,(H,30,36)(H,33,34). The zero-order valence-electron chi connectivity index (χ0n) is 20.2. The fourth-order valence-electron chi connectivity index (χ4n) is 5.00. The quantitative estimate of drug-likeness (QED) is 0.346. The lowest BCUT2D eigenvalue weighted by molar-refractivity contribution is 0.0697. The average molecular weight is 499 g/mol. The first kappa shape index (κ1) is 23.6. The van der Waals surface area contributed by atoms with E-state index in [0.717, 1.165) is 39.8 Å². The number of pyridine rings is 1. The normalized spacial score (nSPS) is 17.2. The lowest BCUT2D eigenvalue weighted by atomic mass is 9.96. The summed E-state index contributed by atoms with van der Waals surface area (Å²) in [6, 6.07) is 22.4. The van der Waals surface area contributed by atoms with E-state index in [-0.39, 0.29) is 17.6 Å². The molecule has 2 atom stereocenters. The van der Waals surface area contributed by atoms with Crippen molar-refractivity contribution in [3.63, 3.8) is 0 Å². The number of thiocarbonyl (C=S) groups is 1. The summed E-state index contributed by atoms with van der Waals surface area (Å²) in [6.07, 6.45) is 1.79. The van der Waals surface area contributed by atoms with Gasteiger partial charge in [0, 0.05) is 23.3 Å². The van der Waals surface area contributed by atoms with Gasteiger partial charge in [-0.1, -0.05) is 18.2 Å². The molecule has 2 aromatic heterocycles. The third kappa shape index (κ3) is 3.99. The lowest BCUT2D eigenvalue weighted by Gasteiger charge is -2.29. The molecule has 8 heteroatoms. The summed E-state index contributed by atoms with van der Waals surface area (Å²) in [7, 11) is 1.66. The molecule has 182 valence electrons. The first-order valence-corrected chi connectivity index (χ1v) is 12.0. The summed E-state index contributed by atoms with van der Waals surface area (Å²) in [4.78, 5) is 18.1. The average Bonchev–Trinajstić information content (AvgIpc) is 3.39. The number of aryl methyl sites for hydroxylation is 1. The molecule has 1 aliphatic heterocycles. The van der Waals surface area contributed by atoms with Gasteiger partial charge >= 0.3 is 5.97 Å². The van der Waals surface area contributed by atoms with Gasteiger partial charge < -0.3 is 24.6 Å². The van der Waals surface area contributed by atoms with E-state index in [1.807, 2.05) is 61.5 Å². The number of rotatable bonds is 6. The highest BCUT2D eigenvalue weighted by Gasteiger charge is 2.43. The van der Waals surface area contributed by atoms with Crippen LogP contribution in [0, 0.1) is 13.8 Å². The molecule has 3 heterocycles. The van der Waals surface area contributed by atoms with Crippen molar-refractivity contribution in [2.24, 2.45) is 0 Å². The van der Waals surface area contributed by atoms with Crippen LogP contribution in [0.5, 0.6) is 5.75 Å². The maximum Gasteiger partial charge on any atom is 0.335 e. The van der Waals surface area contributed by atoms with Crippen molar-refractivity contribution in [2.75, 3.05) is 12.0 Å². The minimum atomic E-state index is -0.945. The van der Waals surface area contributed by atoms with Gasteiger partial charge in [-0.3, -0.25) is 4.98 Å². The van der Waals surface area contributed by atoms with Gasteiger partial charge in [0.2, 0.25) is 0 Å². The van der Waals surface area contributed by atoms with Gasteiger partial charge in [-0.2, -0.15) is 0 Å². The van der Waals surface area contributed by atoms with E-state index in [2.05, 4.69) is 32.8 Å². The van der Waals surface area contributed by atoms with Crippen molar-refractivity contribution in [1.82, 2.24) is 14.9 Å². The van der Waals surface area contributed by atoms with Crippen LogP contribution in [0.15, 0.2) is 79.0 Å². The summed E-state index contributed by atoms with van der Waals surface area (Å²) < 4.78 is 7.83. The fraction of sp³-hybridized carbons (Fsp3) is 0.179. The highest BCUT2D eigenvalue weighted by Crippen LogP contribution is 2.46. The Morgan fingerprint density at radius 1 is 1.06 bits per heavy atom. The van der Waals surface area contributed by atoms with Crippen molar-refractivity contribution in [3.05, 3.63) is 107 Å². The predicted molar refractivity (Wildman–Crippen MR) is 143 cm³/mol. The van der Waals surface area contributed by atoms with Gasteiger partial charge in [0.15, 0.2) is 5.11 Å². The molecule has 0 saturated carbocycles. The number of methoxy groups -OCH3 is 1. The zero-order chi connectivity index (χ0) is 25.4. The minimum Gasteiger partial charge on any atom is -0.495 e. The van der Waals surface area contributed by atoms with Gasteiger partial charge in [-0.15, -0.1) is 0 Å². The lowest BCUT2D eigenvalue weighted by Crippen LogP contribution is -2.30. The van der Waals surface area contributed by atoms with Crippen LogP contribution in [0.2, 0.25) is 0 Å². The van der Waals surface area contributed by atoms with E-state index in [9.17, 15) is 9.90 Å². The van der Waals surface area contributed by atoms with Crippen LogP contribution in [-0.2, 0) is 0 Å². The van der Waals surface area contributed by atoms with Gasteiger partial charge in [-0.05, 0) is 86.2 Å². The molecule has 4 aromatic rings. The molecule has 2 N–H and O–H groups in total. The van der Waals surface area contributed by atoms with Crippen LogP contribution in [-0.4, -0.2) is 32.8 Å². The largest absolute Gasteiger partial charge is 0.495 e. The molecule has 1 fully saturated rings. The number of carbonyl (C=O) groups is 1. The molecule has 5 rings (SSSR count). The molecule has 0 aliphatic carbocycles. The third-order valence-electron chi connectivity index (χ3n) is 6.60. The Bertz CT molecular complexity index is 1430. The van der Waals surface area contributed by atoms with Crippen LogP contribution < -0.4 is 15.0 Å². The monoisotopic (exact) mass is 498 g/mol. The molecular formula is C28H26N4O3S. The minimum absolute atomic E-state index is 0.188. The summed E-state index contributed by atoms with van der Waals surface area (Å²) >= 11 is 5.87. The number of anilines is 1. The first-order valence-electron chi connectivity index (χ1n) is 11.6. The second kappa shape index (κ2) is 9.47. The van der Waals surface area contributed by atoms with Crippen LogP contribution in [0.4, 0.5) is 5.69 Å². The van der Waals surface area contributed by atoms with Crippen LogP contribution in [0.1, 0.15) is 45.1 Å². The van der Waals surface area contributed by atoms with Crippen LogP contribution in [0.25, 0.3) is 5.69 Å². The number of nitrogens with one attached hydrogen (secondary N) is 1. The van der Waals surface area contributed by atoms with E-state index in [1.54, 1.807) is 25.4 Å². The smallest absolute Gasteiger partial charge is 0.335 e. The number of carboxylic acids is 1. The number of carboxylic acid groups (broad SMARTS) is 1. The van der Waals surface area contributed by atoms with E-state index in [0.29, 0.717) is 5.11 Å². The second-order valence-corrected chi connectivity index (χ2v) is 9.07.